The van der Waals surface area contributed by atoms with Gasteiger partial charge in [-0.1, -0.05) is 48.5 Å². The van der Waals surface area contributed by atoms with Crippen LogP contribution in [0, 0.1) is 0 Å². The highest BCUT2D eigenvalue weighted by Gasteiger charge is 2.19. The summed E-state index contributed by atoms with van der Waals surface area (Å²) >= 11 is 0. The van der Waals surface area contributed by atoms with Gasteiger partial charge in [-0.05, 0) is 31.2 Å². The number of methoxy groups -OCH3 is 1. The SMILES string of the molecule is COc1cccc(O[C@H](C)C(=O)Nc2ccccc2C(=O)c2ccccc2)c1. The summed E-state index contributed by atoms with van der Waals surface area (Å²) in [5, 5.41) is 2.79. The number of anilines is 1. The Bertz CT molecular complexity index is 969. The maximum absolute atomic E-state index is 12.8. The fourth-order valence-corrected chi connectivity index (χ4v) is 2.70. The van der Waals surface area contributed by atoms with Crippen LogP contribution < -0.4 is 14.8 Å². The van der Waals surface area contributed by atoms with Gasteiger partial charge < -0.3 is 14.8 Å². The summed E-state index contributed by atoms with van der Waals surface area (Å²) in [6, 6.07) is 22.9. The van der Waals surface area contributed by atoms with E-state index in [0.717, 1.165) is 0 Å². The van der Waals surface area contributed by atoms with Crippen molar-refractivity contribution in [3.63, 3.8) is 0 Å². The van der Waals surface area contributed by atoms with E-state index >= 15 is 0 Å². The number of hydrogen-bond acceptors (Lipinski definition) is 4. The molecule has 0 aliphatic heterocycles. The van der Waals surface area contributed by atoms with Gasteiger partial charge in [0.05, 0.1) is 12.8 Å². The molecule has 0 unspecified atom stereocenters. The van der Waals surface area contributed by atoms with Crippen LogP contribution in [0.1, 0.15) is 22.8 Å². The van der Waals surface area contributed by atoms with Crippen molar-refractivity contribution in [3.8, 4) is 11.5 Å². The van der Waals surface area contributed by atoms with E-state index in [1.807, 2.05) is 6.07 Å². The first-order valence-corrected chi connectivity index (χ1v) is 8.89. The summed E-state index contributed by atoms with van der Waals surface area (Å²) in [5.74, 6) is 0.661. The van der Waals surface area contributed by atoms with E-state index < -0.39 is 6.10 Å². The van der Waals surface area contributed by atoms with Gasteiger partial charge in [-0.25, -0.2) is 0 Å². The Kier molecular flexibility index (Phi) is 6.07. The zero-order chi connectivity index (χ0) is 19.9. The molecule has 0 spiro atoms. The number of rotatable bonds is 7. The Hall–Kier alpha value is -3.60. The zero-order valence-electron chi connectivity index (χ0n) is 15.7. The van der Waals surface area contributed by atoms with Crippen LogP contribution in [0.3, 0.4) is 0 Å². The second kappa shape index (κ2) is 8.86. The van der Waals surface area contributed by atoms with Crippen LogP contribution in [0.4, 0.5) is 5.69 Å². The van der Waals surface area contributed by atoms with Gasteiger partial charge in [0.1, 0.15) is 11.5 Å². The second-order valence-electron chi connectivity index (χ2n) is 6.17. The first kappa shape index (κ1) is 19.2. The van der Waals surface area contributed by atoms with Crippen molar-refractivity contribution in [3.05, 3.63) is 90.0 Å². The maximum Gasteiger partial charge on any atom is 0.265 e. The fraction of sp³-hybridized carbons (Fsp3) is 0.130. The van der Waals surface area contributed by atoms with E-state index in [2.05, 4.69) is 5.32 Å². The Labute approximate surface area is 163 Å². The summed E-state index contributed by atoms with van der Waals surface area (Å²) in [4.78, 5) is 25.4. The normalized spacial score (nSPS) is 11.4. The van der Waals surface area contributed by atoms with Crippen molar-refractivity contribution in [1.29, 1.82) is 0 Å². The van der Waals surface area contributed by atoms with E-state index in [1.165, 1.54) is 0 Å². The molecule has 0 saturated carbocycles. The van der Waals surface area contributed by atoms with E-state index in [-0.39, 0.29) is 11.7 Å². The molecule has 5 nitrogen and oxygen atoms in total. The lowest BCUT2D eigenvalue weighted by atomic mass is 10.0. The molecule has 0 fully saturated rings. The third-order valence-electron chi connectivity index (χ3n) is 4.19. The standard InChI is InChI=1S/C23H21NO4/c1-16(28-19-12-8-11-18(15-19)27-2)23(26)24-21-14-7-6-13-20(21)22(25)17-9-4-3-5-10-17/h3-16H,1-2H3,(H,24,26)/t16-/m1/s1. The van der Waals surface area contributed by atoms with E-state index in [0.29, 0.717) is 28.3 Å². The molecule has 3 aromatic carbocycles. The number of amides is 1. The lowest BCUT2D eigenvalue weighted by molar-refractivity contribution is -0.122. The largest absolute Gasteiger partial charge is 0.497 e. The third-order valence-corrected chi connectivity index (χ3v) is 4.19. The molecule has 0 bridgehead atoms. The monoisotopic (exact) mass is 375 g/mol. The predicted octanol–water partition coefficient (Wildman–Crippen LogP) is 4.33. The number of carbonyl (C=O) groups is 2. The molecule has 3 aromatic rings. The van der Waals surface area contributed by atoms with Gasteiger partial charge in [0.15, 0.2) is 11.9 Å². The Balaban J connectivity index is 1.74. The maximum atomic E-state index is 12.8. The van der Waals surface area contributed by atoms with Gasteiger partial charge in [0.25, 0.3) is 5.91 Å². The van der Waals surface area contributed by atoms with Crippen molar-refractivity contribution < 1.29 is 19.1 Å². The van der Waals surface area contributed by atoms with Gasteiger partial charge in [-0.15, -0.1) is 0 Å². The highest BCUT2D eigenvalue weighted by atomic mass is 16.5. The molecule has 5 heteroatoms. The first-order valence-electron chi connectivity index (χ1n) is 8.89. The molecule has 3 rings (SSSR count). The first-order chi connectivity index (χ1) is 13.6. The molecule has 1 amide bonds. The zero-order valence-corrected chi connectivity index (χ0v) is 15.7. The van der Waals surface area contributed by atoms with E-state index in [4.69, 9.17) is 9.47 Å². The molecule has 0 aliphatic rings. The number of carbonyl (C=O) groups excluding carboxylic acids is 2. The predicted molar refractivity (Wildman–Crippen MR) is 108 cm³/mol. The average molecular weight is 375 g/mol. The van der Waals surface area contributed by atoms with Gasteiger partial charge in [-0.2, -0.15) is 0 Å². The topological polar surface area (TPSA) is 64.6 Å². The van der Waals surface area contributed by atoms with E-state index in [9.17, 15) is 9.59 Å². The summed E-state index contributed by atoms with van der Waals surface area (Å²) in [7, 11) is 1.57. The van der Waals surface area contributed by atoms with Crippen molar-refractivity contribution >= 4 is 17.4 Å². The van der Waals surface area contributed by atoms with Crippen LogP contribution in [-0.2, 0) is 4.79 Å². The summed E-state index contributed by atoms with van der Waals surface area (Å²) in [6.07, 6.45) is -0.757. The Morgan fingerprint density at radius 3 is 2.29 bits per heavy atom. The van der Waals surface area contributed by atoms with Crippen LogP contribution in [0.15, 0.2) is 78.9 Å². The molecule has 28 heavy (non-hydrogen) atoms. The molecule has 0 aliphatic carbocycles. The second-order valence-corrected chi connectivity index (χ2v) is 6.17. The van der Waals surface area contributed by atoms with Gasteiger partial charge in [-0.3, -0.25) is 9.59 Å². The number of nitrogens with one attached hydrogen (secondary N) is 1. The van der Waals surface area contributed by atoms with Crippen LogP contribution in [0.2, 0.25) is 0 Å². The molecule has 142 valence electrons. The number of benzene rings is 3. The lowest BCUT2D eigenvalue weighted by Crippen LogP contribution is -2.30. The quantitative estimate of drug-likeness (QED) is 0.624. The molecule has 0 heterocycles. The number of ether oxygens (including phenoxy) is 2. The number of ketones is 1. The molecule has 1 N–H and O–H groups in total. The summed E-state index contributed by atoms with van der Waals surface area (Å²) < 4.78 is 10.9. The van der Waals surface area contributed by atoms with Gasteiger partial charge in [0.2, 0.25) is 0 Å². The smallest absolute Gasteiger partial charge is 0.265 e. The van der Waals surface area contributed by atoms with Gasteiger partial charge in [0, 0.05) is 17.2 Å². The van der Waals surface area contributed by atoms with Crippen molar-refractivity contribution in [2.45, 2.75) is 13.0 Å². The number of para-hydroxylation sites is 1. The highest BCUT2D eigenvalue weighted by Crippen LogP contribution is 2.22. The van der Waals surface area contributed by atoms with Crippen molar-refractivity contribution in [2.24, 2.45) is 0 Å². The minimum absolute atomic E-state index is 0.155. The van der Waals surface area contributed by atoms with Crippen LogP contribution >= 0.6 is 0 Å². The minimum Gasteiger partial charge on any atom is -0.497 e. The molecular weight excluding hydrogens is 354 g/mol. The summed E-state index contributed by atoms with van der Waals surface area (Å²) in [5.41, 5.74) is 1.43. The van der Waals surface area contributed by atoms with Crippen LogP contribution in [0.25, 0.3) is 0 Å². The van der Waals surface area contributed by atoms with Crippen LogP contribution in [0.5, 0.6) is 11.5 Å². The van der Waals surface area contributed by atoms with Crippen molar-refractivity contribution in [2.75, 3.05) is 12.4 Å². The van der Waals surface area contributed by atoms with Crippen molar-refractivity contribution in [1.82, 2.24) is 0 Å². The summed E-state index contributed by atoms with van der Waals surface area (Å²) in [6.45, 7) is 1.65. The molecular formula is C23H21NO4. The minimum atomic E-state index is -0.757. The van der Waals surface area contributed by atoms with E-state index in [1.54, 1.807) is 86.8 Å². The average Bonchev–Trinajstić information content (AvgIpc) is 2.74. The molecule has 0 aromatic heterocycles. The number of hydrogen-bond donors (Lipinski definition) is 1. The molecule has 1 atom stereocenters. The molecule has 0 saturated heterocycles. The highest BCUT2D eigenvalue weighted by molar-refractivity contribution is 6.14. The Morgan fingerprint density at radius 1 is 0.857 bits per heavy atom. The lowest BCUT2D eigenvalue weighted by Gasteiger charge is -2.16. The molecule has 0 radical (unpaired) electrons. The Morgan fingerprint density at radius 2 is 1.54 bits per heavy atom. The third kappa shape index (κ3) is 4.57. The van der Waals surface area contributed by atoms with Gasteiger partial charge >= 0.3 is 0 Å². The van der Waals surface area contributed by atoms with Crippen LogP contribution in [-0.4, -0.2) is 24.9 Å². The fourth-order valence-electron chi connectivity index (χ4n) is 2.70.